The molecule has 25 heavy (non-hydrogen) atoms. The summed E-state index contributed by atoms with van der Waals surface area (Å²) in [6.45, 7) is 2.02. The van der Waals surface area contributed by atoms with E-state index in [0.29, 0.717) is 11.4 Å². The molecule has 0 radical (unpaired) electrons. The van der Waals surface area contributed by atoms with Gasteiger partial charge in [0.05, 0.1) is 11.0 Å². The van der Waals surface area contributed by atoms with E-state index in [1.165, 1.54) is 11.3 Å². The minimum absolute atomic E-state index is 0.135. The molecule has 0 atom stereocenters. The van der Waals surface area contributed by atoms with Gasteiger partial charge in [0.25, 0.3) is 5.56 Å². The van der Waals surface area contributed by atoms with Crippen molar-refractivity contribution in [3.05, 3.63) is 62.0 Å². The van der Waals surface area contributed by atoms with E-state index >= 15 is 0 Å². The molecule has 4 nitrogen and oxygen atoms in total. The number of aryl methyl sites for hydroxylation is 3. The first-order valence-corrected chi connectivity index (χ1v) is 9.21. The van der Waals surface area contributed by atoms with Crippen LogP contribution in [0.25, 0.3) is 21.9 Å². The molecule has 1 aliphatic rings. The Kier molecular flexibility index (Phi) is 3.98. The number of rotatable bonds is 2. The van der Waals surface area contributed by atoms with Crippen LogP contribution in [0.15, 0.2) is 29.1 Å². The van der Waals surface area contributed by atoms with Crippen LogP contribution in [0.2, 0.25) is 0 Å². The summed E-state index contributed by atoms with van der Waals surface area (Å²) < 4.78 is 0. The maximum absolute atomic E-state index is 12.6. The highest BCUT2D eigenvalue weighted by molar-refractivity contribution is 7.18. The molecule has 0 fully saturated rings. The first-order chi connectivity index (χ1) is 12.2. The van der Waals surface area contributed by atoms with E-state index in [4.69, 9.17) is 0 Å². The molecule has 2 aromatic heterocycles. The molecule has 0 spiro atoms. The average Bonchev–Trinajstić information content (AvgIpc) is 3.00. The Morgan fingerprint density at radius 3 is 2.80 bits per heavy atom. The van der Waals surface area contributed by atoms with Crippen LogP contribution in [0.4, 0.5) is 0 Å². The number of fused-ring (bicyclic) bond motifs is 3. The Labute approximate surface area is 149 Å². The summed E-state index contributed by atoms with van der Waals surface area (Å²) in [5.74, 6) is 0.346. The number of thiophene rings is 1. The van der Waals surface area contributed by atoms with Crippen LogP contribution in [-0.4, -0.2) is 9.97 Å². The first-order valence-electron chi connectivity index (χ1n) is 8.39. The second-order valence-electron chi connectivity index (χ2n) is 6.39. The van der Waals surface area contributed by atoms with E-state index in [2.05, 4.69) is 16.0 Å². The Morgan fingerprint density at radius 1 is 1.28 bits per heavy atom. The smallest absolute Gasteiger partial charge is 0.260 e. The van der Waals surface area contributed by atoms with Crippen molar-refractivity contribution in [2.24, 2.45) is 0 Å². The number of nitrogens with zero attached hydrogens (tertiary/aromatic N) is 2. The van der Waals surface area contributed by atoms with Crippen molar-refractivity contribution < 1.29 is 0 Å². The van der Waals surface area contributed by atoms with Crippen molar-refractivity contribution >= 4 is 33.2 Å². The standard InChI is InChI=1S/C20H17N3OS/c1-12-6-8-13(9-7-12)10-14(11-21)18-22-19(24)17-15-4-2-3-5-16(15)25-20(17)23-18/h6-10H,2-5H2,1H3,(H,22,23,24). The molecule has 0 saturated carbocycles. The maximum Gasteiger partial charge on any atom is 0.260 e. The topological polar surface area (TPSA) is 69.5 Å². The molecule has 124 valence electrons. The van der Waals surface area contributed by atoms with E-state index in [0.717, 1.165) is 46.2 Å². The van der Waals surface area contributed by atoms with Gasteiger partial charge in [-0.05, 0) is 49.8 Å². The number of nitriles is 1. The van der Waals surface area contributed by atoms with Gasteiger partial charge in [0.15, 0.2) is 5.82 Å². The first kappa shape index (κ1) is 15.8. The Morgan fingerprint density at radius 2 is 2.04 bits per heavy atom. The molecule has 2 heterocycles. The van der Waals surface area contributed by atoms with Gasteiger partial charge in [0.2, 0.25) is 0 Å². The lowest BCUT2D eigenvalue weighted by Gasteiger charge is -2.09. The van der Waals surface area contributed by atoms with Crippen molar-refractivity contribution in [1.82, 2.24) is 9.97 Å². The van der Waals surface area contributed by atoms with Crippen molar-refractivity contribution in [3.8, 4) is 6.07 Å². The number of aromatic nitrogens is 2. The molecule has 1 aliphatic carbocycles. The molecule has 4 rings (SSSR count). The normalized spacial score (nSPS) is 14.3. The summed E-state index contributed by atoms with van der Waals surface area (Å²) in [6, 6.07) is 10.1. The van der Waals surface area contributed by atoms with Gasteiger partial charge in [0, 0.05) is 4.88 Å². The van der Waals surface area contributed by atoms with Gasteiger partial charge in [-0.25, -0.2) is 4.98 Å². The summed E-state index contributed by atoms with van der Waals surface area (Å²) in [5.41, 5.74) is 3.47. The third-order valence-electron chi connectivity index (χ3n) is 4.59. The van der Waals surface area contributed by atoms with Crippen LogP contribution in [-0.2, 0) is 12.8 Å². The number of allylic oxidation sites excluding steroid dienone is 1. The zero-order valence-electron chi connectivity index (χ0n) is 13.9. The molecule has 3 aromatic rings. The highest BCUT2D eigenvalue weighted by Gasteiger charge is 2.20. The van der Waals surface area contributed by atoms with Gasteiger partial charge in [0.1, 0.15) is 10.9 Å². The van der Waals surface area contributed by atoms with Crippen LogP contribution in [0, 0.1) is 18.3 Å². The fourth-order valence-electron chi connectivity index (χ4n) is 3.27. The lowest BCUT2D eigenvalue weighted by molar-refractivity contribution is 0.700. The summed E-state index contributed by atoms with van der Waals surface area (Å²) in [4.78, 5) is 22.1. The molecular weight excluding hydrogens is 330 g/mol. The van der Waals surface area contributed by atoms with Crippen LogP contribution >= 0.6 is 11.3 Å². The van der Waals surface area contributed by atoms with Gasteiger partial charge in [-0.1, -0.05) is 29.8 Å². The lowest BCUT2D eigenvalue weighted by atomic mass is 9.97. The minimum Gasteiger partial charge on any atom is -0.305 e. The summed E-state index contributed by atoms with van der Waals surface area (Å²) in [6.07, 6.45) is 6.02. The third-order valence-corrected chi connectivity index (χ3v) is 5.77. The summed E-state index contributed by atoms with van der Waals surface area (Å²) in [5, 5.41) is 10.3. The second-order valence-corrected chi connectivity index (χ2v) is 7.47. The van der Waals surface area contributed by atoms with Crippen LogP contribution in [0.5, 0.6) is 0 Å². The maximum atomic E-state index is 12.6. The average molecular weight is 347 g/mol. The Balaban J connectivity index is 1.84. The molecular formula is C20H17N3OS. The van der Waals surface area contributed by atoms with Crippen LogP contribution in [0.1, 0.15) is 40.2 Å². The molecule has 0 aliphatic heterocycles. The number of H-pyrrole nitrogens is 1. The SMILES string of the molecule is Cc1ccc(C=C(C#N)c2nc3sc4c(c3c(=O)[nH]2)CCCC4)cc1. The number of nitrogens with one attached hydrogen (secondary N) is 1. The molecule has 1 aromatic carbocycles. The van der Waals surface area contributed by atoms with Gasteiger partial charge < -0.3 is 4.98 Å². The number of aromatic amines is 1. The quantitative estimate of drug-likeness (QED) is 0.705. The van der Waals surface area contributed by atoms with Gasteiger partial charge in [-0.3, -0.25) is 4.79 Å². The van der Waals surface area contributed by atoms with E-state index in [9.17, 15) is 10.1 Å². The van der Waals surface area contributed by atoms with E-state index < -0.39 is 0 Å². The van der Waals surface area contributed by atoms with Crippen molar-refractivity contribution in [2.75, 3.05) is 0 Å². The largest absolute Gasteiger partial charge is 0.305 e. The zero-order valence-corrected chi connectivity index (χ0v) is 14.7. The second kappa shape index (κ2) is 6.30. The predicted octanol–water partition coefficient (Wildman–Crippen LogP) is 4.24. The molecule has 1 N–H and O–H groups in total. The zero-order chi connectivity index (χ0) is 17.4. The van der Waals surface area contributed by atoms with Gasteiger partial charge in [-0.15, -0.1) is 11.3 Å². The highest BCUT2D eigenvalue weighted by atomic mass is 32.1. The van der Waals surface area contributed by atoms with Crippen LogP contribution in [0.3, 0.4) is 0 Å². The molecule has 0 bridgehead atoms. The Hall–Kier alpha value is -2.71. The van der Waals surface area contributed by atoms with Gasteiger partial charge >= 0.3 is 0 Å². The lowest BCUT2D eigenvalue weighted by Crippen LogP contribution is -2.12. The number of benzene rings is 1. The minimum atomic E-state index is -0.135. The molecule has 0 amide bonds. The predicted molar refractivity (Wildman–Crippen MR) is 102 cm³/mol. The Bertz CT molecular complexity index is 1080. The number of hydrogen-bond donors (Lipinski definition) is 1. The van der Waals surface area contributed by atoms with E-state index in [1.54, 1.807) is 17.4 Å². The number of hydrogen-bond acceptors (Lipinski definition) is 4. The molecule has 5 heteroatoms. The summed E-state index contributed by atoms with van der Waals surface area (Å²) in [7, 11) is 0. The fourth-order valence-corrected chi connectivity index (χ4v) is 4.54. The highest BCUT2D eigenvalue weighted by Crippen LogP contribution is 2.33. The molecule has 0 unspecified atom stereocenters. The van der Waals surface area contributed by atoms with Gasteiger partial charge in [-0.2, -0.15) is 5.26 Å². The third kappa shape index (κ3) is 2.90. The molecule has 0 saturated heterocycles. The van der Waals surface area contributed by atoms with Crippen molar-refractivity contribution in [1.29, 1.82) is 5.26 Å². The van der Waals surface area contributed by atoms with E-state index in [-0.39, 0.29) is 5.56 Å². The monoisotopic (exact) mass is 347 g/mol. The van der Waals surface area contributed by atoms with Crippen LogP contribution < -0.4 is 5.56 Å². The fraction of sp³-hybridized carbons (Fsp3) is 0.250. The van der Waals surface area contributed by atoms with Crippen molar-refractivity contribution in [3.63, 3.8) is 0 Å². The van der Waals surface area contributed by atoms with Crippen molar-refractivity contribution in [2.45, 2.75) is 32.6 Å². The summed E-state index contributed by atoms with van der Waals surface area (Å²) >= 11 is 1.60. The van der Waals surface area contributed by atoms with E-state index in [1.807, 2.05) is 31.2 Å².